The van der Waals surface area contributed by atoms with Crippen molar-refractivity contribution in [2.75, 3.05) is 26.2 Å². The number of carbonyl (C=O) groups is 2. The first kappa shape index (κ1) is 14.8. The fourth-order valence-corrected chi connectivity index (χ4v) is 4.06. The third kappa shape index (κ3) is 3.07. The van der Waals surface area contributed by atoms with Crippen LogP contribution in [0.2, 0.25) is 0 Å². The molecule has 3 aliphatic rings. The van der Waals surface area contributed by atoms with Gasteiger partial charge in [0.2, 0.25) is 11.8 Å². The average molecular weight is 294 g/mol. The zero-order valence-electron chi connectivity index (χ0n) is 12.7. The van der Waals surface area contributed by atoms with Crippen molar-refractivity contribution in [2.45, 2.75) is 51.0 Å². The quantitative estimate of drug-likeness (QED) is 0.845. The number of aliphatic hydroxyl groups is 1. The Bertz CT molecular complexity index is 398. The number of hydrogen-bond acceptors (Lipinski definition) is 3. The number of rotatable bonds is 3. The molecule has 1 aliphatic carbocycles. The summed E-state index contributed by atoms with van der Waals surface area (Å²) in [5, 5.41) is 9.16. The molecule has 2 heterocycles. The molecule has 0 spiro atoms. The maximum Gasteiger partial charge on any atom is 0.227 e. The first-order valence-electron chi connectivity index (χ1n) is 8.38. The Morgan fingerprint density at radius 3 is 2.43 bits per heavy atom. The Morgan fingerprint density at radius 2 is 1.81 bits per heavy atom. The molecule has 5 nitrogen and oxygen atoms in total. The van der Waals surface area contributed by atoms with Gasteiger partial charge >= 0.3 is 0 Å². The van der Waals surface area contributed by atoms with Crippen molar-refractivity contribution >= 4 is 11.8 Å². The topological polar surface area (TPSA) is 60.9 Å². The summed E-state index contributed by atoms with van der Waals surface area (Å²) in [6.45, 7) is 2.32. The van der Waals surface area contributed by atoms with Gasteiger partial charge in [-0.1, -0.05) is 12.8 Å². The summed E-state index contributed by atoms with van der Waals surface area (Å²) >= 11 is 0. The van der Waals surface area contributed by atoms with Crippen LogP contribution in [0.3, 0.4) is 0 Å². The van der Waals surface area contributed by atoms with Gasteiger partial charge in [-0.3, -0.25) is 9.59 Å². The Labute approximate surface area is 126 Å². The molecule has 2 saturated heterocycles. The maximum absolute atomic E-state index is 12.6. The van der Waals surface area contributed by atoms with Crippen LogP contribution in [0.15, 0.2) is 0 Å². The van der Waals surface area contributed by atoms with Crippen LogP contribution in [0.25, 0.3) is 0 Å². The van der Waals surface area contributed by atoms with Gasteiger partial charge in [-0.2, -0.15) is 0 Å². The van der Waals surface area contributed by atoms with Crippen LogP contribution in [-0.2, 0) is 9.59 Å². The zero-order chi connectivity index (χ0) is 14.8. The highest BCUT2D eigenvalue weighted by Gasteiger charge is 2.40. The van der Waals surface area contributed by atoms with Gasteiger partial charge in [0.25, 0.3) is 0 Å². The molecule has 1 N–H and O–H groups in total. The van der Waals surface area contributed by atoms with E-state index in [9.17, 15) is 9.59 Å². The number of amides is 2. The summed E-state index contributed by atoms with van der Waals surface area (Å²) in [5.74, 6) is 0.531. The van der Waals surface area contributed by atoms with Crippen LogP contribution in [0.5, 0.6) is 0 Å². The van der Waals surface area contributed by atoms with Gasteiger partial charge in [-0.25, -0.2) is 0 Å². The summed E-state index contributed by atoms with van der Waals surface area (Å²) in [5.41, 5.74) is 0. The maximum atomic E-state index is 12.6. The van der Waals surface area contributed by atoms with Crippen molar-refractivity contribution in [3.05, 3.63) is 0 Å². The van der Waals surface area contributed by atoms with Gasteiger partial charge in [0.05, 0.1) is 5.92 Å². The molecule has 21 heavy (non-hydrogen) atoms. The van der Waals surface area contributed by atoms with Crippen LogP contribution in [0.4, 0.5) is 0 Å². The van der Waals surface area contributed by atoms with E-state index in [2.05, 4.69) is 0 Å². The minimum Gasteiger partial charge on any atom is -0.396 e. The van der Waals surface area contributed by atoms with E-state index in [1.807, 2.05) is 9.80 Å². The van der Waals surface area contributed by atoms with E-state index < -0.39 is 0 Å². The summed E-state index contributed by atoms with van der Waals surface area (Å²) in [4.78, 5) is 28.6. The van der Waals surface area contributed by atoms with Gasteiger partial charge in [0.1, 0.15) is 0 Å². The second kappa shape index (κ2) is 6.34. The van der Waals surface area contributed by atoms with E-state index in [1.54, 1.807) is 0 Å². The molecule has 0 aromatic carbocycles. The lowest BCUT2D eigenvalue weighted by atomic mass is 9.96. The van der Waals surface area contributed by atoms with E-state index in [1.165, 1.54) is 12.8 Å². The highest BCUT2D eigenvalue weighted by atomic mass is 16.3. The average Bonchev–Trinajstić information content (AvgIpc) is 3.15. The van der Waals surface area contributed by atoms with Crippen LogP contribution in [0.1, 0.15) is 44.9 Å². The number of piperidine rings is 1. The minimum absolute atomic E-state index is 0.135. The predicted octanol–water partition coefficient (Wildman–Crippen LogP) is 1.01. The predicted molar refractivity (Wildman–Crippen MR) is 78.5 cm³/mol. The minimum atomic E-state index is -0.135. The molecule has 5 heteroatoms. The van der Waals surface area contributed by atoms with Crippen LogP contribution in [-0.4, -0.2) is 59.0 Å². The van der Waals surface area contributed by atoms with Gasteiger partial charge < -0.3 is 14.9 Å². The number of nitrogens with zero attached hydrogens (tertiary/aromatic N) is 2. The molecule has 3 fully saturated rings. The molecule has 0 aromatic rings. The summed E-state index contributed by atoms with van der Waals surface area (Å²) in [6, 6.07) is 0.385. The monoisotopic (exact) mass is 294 g/mol. The second-order valence-electron chi connectivity index (χ2n) is 6.84. The van der Waals surface area contributed by atoms with Crippen molar-refractivity contribution in [3.63, 3.8) is 0 Å². The highest BCUT2D eigenvalue weighted by molar-refractivity contribution is 5.89. The first-order chi connectivity index (χ1) is 10.2. The molecule has 2 aliphatic heterocycles. The molecule has 1 unspecified atom stereocenters. The van der Waals surface area contributed by atoms with E-state index in [0.29, 0.717) is 24.9 Å². The van der Waals surface area contributed by atoms with Crippen molar-refractivity contribution in [1.82, 2.24) is 9.80 Å². The summed E-state index contributed by atoms with van der Waals surface area (Å²) in [6.07, 6.45) is 6.80. The smallest absolute Gasteiger partial charge is 0.227 e. The van der Waals surface area contributed by atoms with Gasteiger partial charge in [0, 0.05) is 38.7 Å². The Hall–Kier alpha value is -1.10. The molecular weight excluding hydrogens is 268 g/mol. The number of carbonyl (C=O) groups excluding carboxylic acids is 2. The lowest BCUT2D eigenvalue weighted by Gasteiger charge is -2.33. The summed E-state index contributed by atoms with van der Waals surface area (Å²) in [7, 11) is 0. The molecule has 2 amide bonds. The molecule has 1 saturated carbocycles. The third-order valence-corrected chi connectivity index (χ3v) is 5.46. The number of likely N-dealkylation sites (tertiary alicyclic amines) is 2. The van der Waals surface area contributed by atoms with Crippen molar-refractivity contribution < 1.29 is 14.7 Å². The first-order valence-corrected chi connectivity index (χ1v) is 8.38. The van der Waals surface area contributed by atoms with Crippen molar-refractivity contribution in [3.8, 4) is 0 Å². The fourth-order valence-electron chi connectivity index (χ4n) is 4.06. The number of aliphatic hydroxyl groups excluding tert-OH is 1. The van der Waals surface area contributed by atoms with Gasteiger partial charge in [0.15, 0.2) is 0 Å². The largest absolute Gasteiger partial charge is 0.396 e. The van der Waals surface area contributed by atoms with E-state index in [0.717, 1.165) is 38.8 Å². The SMILES string of the molecule is O=C(C1CC(=O)N(C2CCCC2)C1)N1CCC(CO)CC1. The molecular formula is C16H26N2O3. The van der Waals surface area contributed by atoms with Gasteiger partial charge in [-0.15, -0.1) is 0 Å². The van der Waals surface area contributed by atoms with E-state index >= 15 is 0 Å². The Kier molecular flexibility index (Phi) is 4.48. The fraction of sp³-hybridized carbons (Fsp3) is 0.875. The van der Waals surface area contributed by atoms with Crippen LogP contribution >= 0.6 is 0 Å². The van der Waals surface area contributed by atoms with E-state index in [-0.39, 0.29) is 24.3 Å². The molecule has 3 rings (SSSR count). The lowest BCUT2D eigenvalue weighted by molar-refractivity contribution is -0.137. The standard InChI is InChI=1S/C16H26N2O3/c19-11-12-5-7-17(8-6-12)16(21)13-9-15(20)18(10-13)14-3-1-2-4-14/h12-14,19H,1-11H2. The Balaban J connectivity index is 1.55. The van der Waals surface area contributed by atoms with Crippen molar-refractivity contribution in [2.24, 2.45) is 11.8 Å². The van der Waals surface area contributed by atoms with Gasteiger partial charge in [-0.05, 0) is 31.6 Å². The lowest BCUT2D eigenvalue weighted by Crippen LogP contribution is -2.43. The van der Waals surface area contributed by atoms with Crippen molar-refractivity contribution in [1.29, 1.82) is 0 Å². The molecule has 0 aromatic heterocycles. The molecule has 118 valence electrons. The molecule has 1 atom stereocenters. The third-order valence-electron chi connectivity index (χ3n) is 5.46. The van der Waals surface area contributed by atoms with E-state index in [4.69, 9.17) is 5.11 Å². The Morgan fingerprint density at radius 1 is 1.14 bits per heavy atom. The zero-order valence-corrected chi connectivity index (χ0v) is 12.7. The molecule has 0 radical (unpaired) electrons. The van der Waals surface area contributed by atoms with Crippen LogP contribution < -0.4 is 0 Å². The molecule has 0 bridgehead atoms. The highest BCUT2D eigenvalue weighted by Crippen LogP contribution is 2.30. The second-order valence-corrected chi connectivity index (χ2v) is 6.84. The normalized spacial score (nSPS) is 28.6. The van der Waals surface area contributed by atoms with Crippen LogP contribution in [0, 0.1) is 11.8 Å². The summed E-state index contributed by atoms with van der Waals surface area (Å²) < 4.78 is 0. The number of hydrogen-bond donors (Lipinski definition) is 1.